The van der Waals surface area contributed by atoms with Crippen molar-refractivity contribution in [3.8, 4) is 0 Å². The van der Waals surface area contributed by atoms with Gasteiger partial charge >= 0.3 is 0 Å². The van der Waals surface area contributed by atoms with Crippen LogP contribution in [0.4, 0.5) is 11.1 Å². The van der Waals surface area contributed by atoms with Crippen LogP contribution in [0.2, 0.25) is 0 Å². The molecule has 0 aliphatic rings. The second-order valence-electron chi connectivity index (χ2n) is 3.39. The Labute approximate surface area is 88.5 Å². The number of hydrogen-bond donors (Lipinski definition) is 2. The van der Waals surface area contributed by atoms with E-state index in [0.717, 1.165) is 24.6 Å². The number of anilines is 2. The molecule has 80 valence electrons. The molecule has 6 heteroatoms. The standard InChI is InChI=1S/C8H17N5S/c1-13(2)6-4-3-5-10-8-11-7(9)12-14-8/h3-6H2,1-2H3,(H3,9,10,11,12). The van der Waals surface area contributed by atoms with Crippen LogP contribution >= 0.6 is 11.5 Å². The number of nitrogens with two attached hydrogens (primary N) is 1. The van der Waals surface area contributed by atoms with Gasteiger partial charge in [-0.1, -0.05) is 0 Å². The van der Waals surface area contributed by atoms with E-state index in [-0.39, 0.29) is 0 Å². The predicted octanol–water partition coefficient (Wildman–Crippen LogP) is 0.874. The molecule has 0 saturated carbocycles. The van der Waals surface area contributed by atoms with Gasteiger partial charge in [-0.05, 0) is 33.5 Å². The Kier molecular flexibility index (Phi) is 4.61. The summed E-state index contributed by atoms with van der Waals surface area (Å²) >= 11 is 1.31. The van der Waals surface area contributed by atoms with E-state index in [1.165, 1.54) is 18.0 Å². The fraction of sp³-hybridized carbons (Fsp3) is 0.750. The monoisotopic (exact) mass is 215 g/mol. The molecule has 0 aromatic carbocycles. The van der Waals surface area contributed by atoms with Crippen LogP contribution in [-0.4, -0.2) is 41.4 Å². The molecule has 0 aliphatic carbocycles. The lowest BCUT2D eigenvalue weighted by atomic mass is 10.3. The summed E-state index contributed by atoms with van der Waals surface area (Å²) in [5.41, 5.74) is 5.39. The lowest BCUT2D eigenvalue weighted by molar-refractivity contribution is 0.396. The predicted molar refractivity (Wildman–Crippen MR) is 60.6 cm³/mol. The second kappa shape index (κ2) is 5.77. The van der Waals surface area contributed by atoms with Crippen LogP contribution < -0.4 is 11.1 Å². The van der Waals surface area contributed by atoms with Gasteiger partial charge in [-0.2, -0.15) is 9.36 Å². The highest BCUT2D eigenvalue weighted by Crippen LogP contribution is 2.11. The van der Waals surface area contributed by atoms with Crippen LogP contribution in [0, 0.1) is 0 Å². The van der Waals surface area contributed by atoms with E-state index < -0.39 is 0 Å². The molecule has 14 heavy (non-hydrogen) atoms. The molecule has 1 heterocycles. The summed E-state index contributed by atoms with van der Waals surface area (Å²) < 4.78 is 3.88. The fourth-order valence-electron chi connectivity index (χ4n) is 1.06. The molecule has 5 nitrogen and oxygen atoms in total. The van der Waals surface area contributed by atoms with E-state index in [4.69, 9.17) is 5.73 Å². The SMILES string of the molecule is CN(C)CCCCNc1nc(N)ns1. The number of aromatic nitrogens is 2. The molecule has 1 aromatic rings. The van der Waals surface area contributed by atoms with E-state index in [1.807, 2.05) is 0 Å². The van der Waals surface area contributed by atoms with Gasteiger partial charge in [-0.3, -0.25) is 0 Å². The lowest BCUT2D eigenvalue weighted by Crippen LogP contribution is -2.14. The minimum atomic E-state index is 0.353. The molecule has 0 fully saturated rings. The normalized spacial score (nSPS) is 10.8. The summed E-state index contributed by atoms with van der Waals surface area (Å²) in [5.74, 6) is 0.353. The van der Waals surface area contributed by atoms with Crippen LogP contribution in [0.25, 0.3) is 0 Å². The zero-order chi connectivity index (χ0) is 10.4. The Morgan fingerprint density at radius 1 is 1.43 bits per heavy atom. The number of unbranched alkanes of at least 4 members (excludes halogenated alkanes) is 1. The van der Waals surface area contributed by atoms with E-state index in [9.17, 15) is 0 Å². The first-order valence-corrected chi connectivity index (χ1v) is 5.43. The molecule has 0 spiro atoms. The van der Waals surface area contributed by atoms with Crippen molar-refractivity contribution in [2.24, 2.45) is 0 Å². The third-order valence-corrected chi connectivity index (χ3v) is 2.44. The van der Waals surface area contributed by atoms with Gasteiger partial charge in [0.2, 0.25) is 11.1 Å². The number of rotatable bonds is 6. The molecule has 0 saturated heterocycles. The molecule has 1 aromatic heterocycles. The Hall–Kier alpha value is -0.880. The quantitative estimate of drug-likeness (QED) is 0.689. The molecular formula is C8H17N5S. The van der Waals surface area contributed by atoms with Crippen LogP contribution in [0.15, 0.2) is 0 Å². The van der Waals surface area contributed by atoms with Crippen LogP contribution in [-0.2, 0) is 0 Å². The summed E-state index contributed by atoms with van der Waals surface area (Å²) in [5, 5.41) is 4.00. The lowest BCUT2D eigenvalue weighted by Gasteiger charge is -2.08. The maximum absolute atomic E-state index is 5.39. The molecule has 0 aliphatic heterocycles. The molecular weight excluding hydrogens is 198 g/mol. The Bertz CT molecular complexity index is 260. The highest BCUT2D eigenvalue weighted by Gasteiger charge is 1.98. The largest absolute Gasteiger partial charge is 0.367 e. The Balaban J connectivity index is 2.04. The van der Waals surface area contributed by atoms with Crippen molar-refractivity contribution in [2.45, 2.75) is 12.8 Å². The molecule has 1 rings (SSSR count). The molecule has 0 radical (unpaired) electrons. The third kappa shape index (κ3) is 4.38. The highest BCUT2D eigenvalue weighted by atomic mass is 32.1. The average molecular weight is 215 g/mol. The van der Waals surface area contributed by atoms with Gasteiger partial charge in [-0.25, -0.2) is 0 Å². The van der Waals surface area contributed by atoms with Gasteiger partial charge in [0.15, 0.2) is 0 Å². The number of nitrogens with one attached hydrogen (secondary N) is 1. The number of nitrogen functional groups attached to an aromatic ring is 1. The van der Waals surface area contributed by atoms with Crippen LogP contribution in [0.3, 0.4) is 0 Å². The third-order valence-electron chi connectivity index (χ3n) is 1.75. The smallest absolute Gasteiger partial charge is 0.233 e. The van der Waals surface area contributed by atoms with Gasteiger partial charge in [0.05, 0.1) is 0 Å². The summed E-state index contributed by atoms with van der Waals surface area (Å²) in [6.45, 7) is 2.06. The van der Waals surface area contributed by atoms with E-state index in [0.29, 0.717) is 5.95 Å². The van der Waals surface area contributed by atoms with E-state index >= 15 is 0 Å². The van der Waals surface area contributed by atoms with Crippen molar-refractivity contribution in [3.63, 3.8) is 0 Å². The van der Waals surface area contributed by atoms with Crippen molar-refractivity contribution in [1.29, 1.82) is 0 Å². The Morgan fingerprint density at radius 3 is 2.79 bits per heavy atom. The van der Waals surface area contributed by atoms with E-state index in [1.54, 1.807) is 0 Å². The van der Waals surface area contributed by atoms with Crippen molar-refractivity contribution in [1.82, 2.24) is 14.3 Å². The summed E-state index contributed by atoms with van der Waals surface area (Å²) in [6, 6.07) is 0. The van der Waals surface area contributed by atoms with Gasteiger partial charge in [0, 0.05) is 18.1 Å². The maximum atomic E-state index is 5.39. The summed E-state index contributed by atoms with van der Waals surface area (Å²) in [6.07, 6.45) is 2.33. The van der Waals surface area contributed by atoms with E-state index in [2.05, 4.69) is 33.7 Å². The van der Waals surface area contributed by atoms with Crippen molar-refractivity contribution < 1.29 is 0 Å². The topological polar surface area (TPSA) is 67.1 Å². The Morgan fingerprint density at radius 2 is 2.21 bits per heavy atom. The number of hydrogen-bond acceptors (Lipinski definition) is 6. The van der Waals surface area contributed by atoms with Crippen LogP contribution in [0.5, 0.6) is 0 Å². The minimum Gasteiger partial charge on any atom is -0.367 e. The summed E-state index contributed by atoms with van der Waals surface area (Å²) in [7, 11) is 4.16. The first-order chi connectivity index (χ1) is 6.68. The van der Waals surface area contributed by atoms with Gasteiger partial charge in [0.1, 0.15) is 0 Å². The second-order valence-corrected chi connectivity index (χ2v) is 4.15. The van der Waals surface area contributed by atoms with Crippen molar-refractivity contribution in [3.05, 3.63) is 0 Å². The summed E-state index contributed by atoms with van der Waals surface area (Å²) in [4.78, 5) is 6.19. The first-order valence-electron chi connectivity index (χ1n) is 4.66. The number of nitrogens with zero attached hydrogens (tertiary/aromatic N) is 3. The molecule has 0 bridgehead atoms. The zero-order valence-electron chi connectivity index (χ0n) is 8.66. The van der Waals surface area contributed by atoms with Crippen LogP contribution in [0.1, 0.15) is 12.8 Å². The molecule has 3 N–H and O–H groups in total. The molecule has 0 atom stereocenters. The highest BCUT2D eigenvalue weighted by molar-refractivity contribution is 7.09. The minimum absolute atomic E-state index is 0.353. The van der Waals surface area contributed by atoms with Gasteiger partial charge < -0.3 is 16.0 Å². The average Bonchev–Trinajstić information content (AvgIpc) is 2.50. The van der Waals surface area contributed by atoms with Crippen molar-refractivity contribution >= 4 is 22.6 Å². The molecule has 0 unspecified atom stereocenters. The first kappa shape index (κ1) is 11.2. The maximum Gasteiger partial charge on any atom is 0.233 e. The zero-order valence-corrected chi connectivity index (χ0v) is 9.47. The fourth-order valence-corrected chi connectivity index (χ4v) is 1.58. The molecule has 0 amide bonds. The van der Waals surface area contributed by atoms with Crippen molar-refractivity contribution in [2.75, 3.05) is 38.2 Å². The van der Waals surface area contributed by atoms with Gasteiger partial charge in [-0.15, -0.1) is 0 Å². The van der Waals surface area contributed by atoms with Gasteiger partial charge in [0.25, 0.3) is 0 Å².